The van der Waals surface area contributed by atoms with Crippen LogP contribution in [0, 0.1) is 52.3 Å². The molecule has 6 unspecified atom stereocenters. The first-order chi connectivity index (χ1) is 55.8. The number of carbonyl (C=O) groups is 6. The van der Waals surface area contributed by atoms with E-state index in [9.17, 15) is 95.3 Å². The molecule has 8 bridgehead atoms. The van der Waals surface area contributed by atoms with Gasteiger partial charge < -0.3 is 43.0 Å². The minimum Gasteiger partial charge on any atom is -0.461 e. The molecule has 14 rings (SSSR count). The van der Waals surface area contributed by atoms with Crippen molar-refractivity contribution in [2.45, 2.75) is 241 Å². The van der Waals surface area contributed by atoms with Gasteiger partial charge in [-0.05, 0) is 230 Å². The molecule has 8 saturated carbocycles. The summed E-state index contributed by atoms with van der Waals surface area (Å²) < 4.78 is 229. The third kappa shape index (κ3) is 22.7. The molecular formula is C88H100F14O15S2+2. The Labute approximate surface area is 688 Å². The summed E-state index contributed by atoms with van der Waals surface area (Å²) in [4.78, 5) is 82.4. The number of esters is 6. The lowest BCUT2D eigenvalue weighted by Gasteiger charge is -2.59. The van der Waals surface area contributed by atoms with E-state index < -0.39 is 127 Å². The van der Waals surface area contributed by atoms with Gasteiger partial charge in [0, 0.05) is 26.7 Å². The van der Waals surface area contributed by atoms with E-state index in [2.05, 4.69) is 145 Å². The molecule has 0 saturated heterocycles. The van der Waals surface area contributed by atoms with Crippen LogP contribution in [0.15, 0.2) is 199 Å². The second-order valence-corrected chi connectivity index (χ2v) is 35.8. The summed E-state index contributed by atoms with van der Waals surface area (Å²) in [6.07, 6.45) is -8.62. The molecule has 6 aromatic rings. The van der Waals surface area contributed by atoms with E-state index in [0.29, 0.717) is 50.0 Å². The van der Waals surface area contributed by atoms with Crippen molar-refractivity contribution in [3.63, 3.8) is 0 Å². The summed E-state index contributed by atoms with van der Waals surface area (Å²) in [6, 6.07) is 57.8. The first kappa shape index (κ1) is 94.6. The van der Waals surface area contributed by atoms with Crippen LogP contribution in [0.3, 0.4) is 0 Å². The van der Waals surface area contributed by atoms with Crippen LogP contribution < -0.4 is 9.47 Å². The normalized spacial score (nSPS) is 23.3. The smallest absolute Gasteiger partial charge is 0.461 e. The van der Waals surface area contributed by atoms with E-state index in [1.54, 1.807) is 0 Å². The fraction of sp³-hybridized carbons (Fsp3) is 0.523. The first-order valence-corrected chi connectivity index (χ1v) is 42.0. The Bertz CT molecular complexity index is 4070. The van der Waals surface area contributed by atoms with E-state index in [0.717, 1.165) is 39.0 Å². The van der Waals surface area contributed by atoms with E-state index in [1.165, 1.54) is 36.3 Å². The largest absolute Gasteiger partial charge is 0.468 e. The Balaban J connectivity index is 0.000000182. The zero-order chi connectivity index (χ0) is 87.4. The molecule has 8 aliphatic rings. The molecule has 0 heterocycles. The number of hydrogen-bond donors (Lipinski definition) is 1. The third-order valence-electron chi connectivity index (χ3n) is 22.5. The minimum atomic E-state index is -5.78. The van der Waals surface area contributed by atoms with E-state index in [4.69, 9.17) is 14.2 Å². The van der Waals surface area contributed by atoms with Crippen molar-refractivity contribution in [2.75, 3.05) is 26.4 Å². The second-order valence-electron chi connectivity index (χ2n) is 31.8. The van der Waals surface area contributed by atoms with Crippen LogP contribution in [0.1, 0.15) is 158 Å². The molecule has 8 aliphatic carbocycles. The maximum absolute atomic E-state index is 14.1. The van der Waals surface area contributed by atoms with Crippen molar-refractivity contribution in [1.82, 2.24) is 0 Å². The molecule has 6 aromatic carbocycles. The summed E-state index contributed by atoms with van der Waals surface area (Å²) in [7, 11) is -0.373. The van der Waals surface area contributed by atoms with Gasteiger partial charge >= 0.3 is 83.4 Å². The van der Waals surface area contributed by atoms with Crippen molar-refractivity contribution in [3.05, 3.63) is 170 Å². The molecule has 0 spiro atoms. The van der Waals surface area contributed by atoms with Crippen LogP contribution in [-0.4, -0.2) is 121 Å². The SMILES string of the molecule is CCC(C)C(=O)Oc1ccc([S+](c2ccccc2)c2ccccc2)cc1.CCC(C)C(=O)Oc1ccc([S+](c2ccccc2)c2ccccc2)cc1.CCOC(=O)C(OCCC(F)(F)C(C)(F)F)(OC(=O)C12CC3CC(CC(C3)C1)C2)C(F)(F)F.CCOC(=O)C(OCCC(F)(F)C(C)(F)F)(OC(=O)C12CC3CC(CC(O)(C3)C1)C2)C(F)(F)F. The lowest BCUT2D eigenvalue weighted by Crippen LogP contribution is -2.63. The van der Waals surface area contributed by atoms with Gasteiger partial charge in [-0.2, -0.15) is 43.9 Å². The number of alkyl halides is 14. The number of carbonyl (C=O) groups excluding carboxylic acids is 6. The molecule has 8 fully saturated rings. The van der Waals surface area contributed by atoms with Crippen molar-refractivity contribution in [3.8, 4) is 11.5 Å². The highest BCUT2D eigenvalue weighted by Crippen LogP contribution is 2.64. The predicted octanol–water partition coefficient (Wildman–Crippen LogP) is 21.1. The van der Waals surface area contributed by atoms with E-state index in [-0.39, 0.29) is 108 Å². The van der Waals surface area contributed by atoms with E-state index in [1.807, 2.05) is 76.2 Å². The highest BCUT2D eigenvalue weighted by Gasteiger charge is 2.72. The van der Waals surface area contributed by atoms with Gasteiger partial charge in [0.05, 0.1) is 76.5 Å². The maximum atomic E-state index is 14.1. The number of benzene rings is 6. The average Bonchev–Trinajstić information content (AvgIpc) is 0.719. The van der Waals surface area contributed by atoms with Gasteiger partial charge in [-0.15, -0.1) is 0 Å². The molecule has 119 heavy (non-hydrogen) atoms. The molecule has 1 N–H and O–H groups in total. The fourth-order valence-corrected chi connectivity index (χ4v) is 20.9. The molecule has 31 heteroatoms. The van der Waals surface area contributed by atoms with Gasteiger partial charge in [-0.1, -0.05) is 100 Å². The zero-order valence-corrected chi connectivity index (χ0v) is 68.8. The number of halogens is 14. The Kier molecular flexibility index (Phi) is 30.9. The van der Waals surface area contributed by atoms with Crippen molar-refractivity contribution < 1.29 is 133 Å². The van der Waals surface area contributed by atoms with Gasteiger partial charge in [0.1, 0.15) is 11.5 Å². The van der Waals surface area contributed by atoms with Crippen LogP contribution in [0.5, 0.6) is 11.5 Å². The fourth-order valence-electron chi connectivity index (χ4n) is 16.7. The monoisotopic (exact) mass is 1730 g/mol. The number of hydrogen-bond acceptors (Lipinski definition) is 15. The molecular weight excluding hydrogens is 1630 g/mol. The predicted molar refractivity (Wildman–Crippen MR) is 411 cm³/mol. The van der Waals surface area contributed by atoms with Crippen molar-refractivity contribution in [2.24, 2.45) is 52.3 Å². The Morgan fingerprint density at radius 2 is 0.681 bits per heavy atom. The Morgan fingerprint density at radius 3 is 0.950 bits per heavy atom. The quantitative estimate of drug-likeness (QED) is 0.0112. The van der Waals surface area contributed by atoms with Gasteiger partial charge in [-0.3, -0.25) is 19.2 Å². The third-order valence-corrected chi connectivity index (χ3v) is 26.9. The number of ether oxygens (including phenoxy) is 8. The van der Waals surface area contributed by atoms with Crippen LogP contribution in [0.4, 0.5) is 61.5 Å². The average molecular weight is 1730 g/mol. The second kappa shape index (κ2) is 38.9. The maximum Gasteiger partial charge on any atom is 0.468 e. The van der Waals surface area contributed by atoms with Crippen LogP contribution >= 0.6 is 0 Å². The van der Waals surface area contributed by atoms with Crippen molar-refractivity contribution in [1.29, 1.82) is 0 Å². The van der Waals surface area contributed by atoms with Crippen LogP contribution in [0.2, 0.25) is 0 Å². The standard InChI is InChI=1S/2C23H23O2S.C21H27F7O6.C21H27F7O5/c2*1-3-18(2)23(24)25-19-14-16-22(17-15-19)26(20-10-6-4-7-11-20)21-12-8-5-9-13-21;1-3-32-15(30)20(21(26,27)28,33-5-4-19(24,25)16(2,22)23)34-14(29)17-7-12-6-13(8-17)10-18(31,9-12)11-17;1-3-31-16(30)20(21(26,27)28,32-5-4-19(24,25)17(2,22)23)33-15(29)18-9-12-6-13(10-18)8-14(7-12)11-18/h2*4-18H,3H2,1-2H3;12-13,31H,3-11H2,1-2H3;12-14H,3-11H2,1-2H3/q2*+1;;. The Hall–Kier alpha value is -8.26. The lowest BCUT2D eigenvalue weighted by molar-refractivity contribution is -0.362. The highest BCUT2D eigenvalue weighted by atomic mass is 32.2. The summed E-state index contributed by atoms with van der Waals surface area (Å²) in [5, 5.41) is 10.8. The van der Waals surface area contributed by atoms with Gasteiger partial charge in [0.2, 0.25) is 0 Å². The minimum absolute atomic E-state index is 0.0852. The summed E-state index contributed by atoms with van der Waals surface area (Å²) >= 11 is 0. The van der Waals surface area contributed by atoms with Gasteiger partial charge in [0.25, 0.3) is 0 Å². The van der Waals surface area contributed by atoms with Crippen LogP contribution in [0.25, 0.3) is 0 Å². The number of aliphatic hydroxyl groups is 1. The summed E-state index contributed by atoms with van der Waals surface area (Å²) in [5.74, 6) is -33.6. The Morgan fingerprint density at radius 1 is 0.403 bits per heavy atom. The molecule has 0 aromatic heterocycles. The van der Waals surface area contributed by atoms with Gasteiger partial charge in [-0.25, -0.2) is 27.2 Å². The van der Waals surface area contributed by atoms with Crippen LogP contribution in [-0.2, 0) is 79.0 Å². The molecule has 0 amide bonds. The van der Waals surface area contributed by atoms with Crippen molar-refractivity contribution >= 4 is 57.6 Å². The summed E-state index contributed by atoms with van der Waals surface area (Å²) in [5.41, 5.74) is -4.02. The molecule has 0 radical (unpaired) electrons. The topological polar surface area (TPSA) is 196 Å². The van der Waals surface area contributed by atoms with E-state index >= 15 is 0 Å². The molecule has 6 atom stereocenters. The van der Waals surface area contributed by atoms with Gasteiger partial charge in [0.15, 0.2) is 29.4 Å². The highest BCUT2D eigenvalue weighted by molar-refractivity contribution is 7.97. The lowest BCUT2D eigenvalue weighted by atomic mass is 9.48. The molecule has 650 valence electrons. The molecule has 0 aliphatic heterocycles. The zero-order valence-electron chi connectivity index (χ0n) is 67.1. The first-order valence-electron chi connectivity index (χ1n) is 39.6. The number of rotatable bonds is 30. The molecule has 15 nitrogen and oxygen atoms in total. The summed E-state index contributed by atoms with van der Waals surface area (Å²) in [6.45, 7) is 5.39.